The van der Waals surface area contributed by atoms with Crippen LogP contribution in [0.15, 0.2) is 23.6 Å². The molecule has 5 nitrogen and oxygen atoms in total. The molecule has 0 aromatic carbocycles. The van der Waals surface area contributed by atoms with Crippen LogP contribution in [0, 0.1) is 0 Å². The van der Waals surface area contributed by atoms with Crippen LogP contribution in [0.5, 0.6) is 0 Å². The van der Waals surface area contributed by atoms with E-state index in [-0.39, 0.29) is 6.42 Å². The molecule has 1 saturated heterocycles. The summed E-state index contributed by atoms with van der Waals surface area (Å²) in [6.07, 6.45) is -0.939. The third kappa shape index (κ3) is 3.56. The number of ether oxygens (including phenoxy) is 1. The third-order valence-corrected chi connectivity index (χ3v) is 3.91. The Balaban J connectivity index is 2.05. The molecule has 0 aromatic heterocycles. The normalized spacial score (nSPS) is 30.3. The summed E-state index contributed by atoms with van der Waals surface area (Å²) in [4.78, 5) is 1.53. The van der Waals surface area contributed by atoms with Crippen molar-refractivity contribution in [3.63, 3.8) is 0 Å². The molecule has 0 radical (unpaired) electrons. The number of aliphatic hydroxyl groups excluding tert-OH is 1. The van der Waals surface area contributed by atoms with Gasteiger partial charge >= 0.3 is 6.18 Å². The molecular weight excluding hydrogens is 299 g/mol. The third-order valence-electron chi connectivity index (χ3n) is 3.91. The molecule has 0 bridgehead atoms. The number of nitrogens with one attached hydrogen (secondary N) is 1. The fourth-order valence-electron chi connectivity index (χ4n) is 2.59. The minimum absolute atomic E-state index is 0.202. The van der Waals surface area contributed by atoms with Crippen molar-refractivity contribution < 1.29 is 23.0 Å². The Kier molecular flexibility index (Phi) is 5.03. The van der Waals surface area contributed by atoms with Gasteiger partial charge in [0.2, 0.25) is 0 Å². The zero-order chi connectivity index (χ0) is 16.5. The standard InChI is InChI=1S/C14H22F3N3O2/c1-4-5-9-6-7-11(19(2)13(9)21)22-12-8-10(14(15,16)17)18-20(12)3/h6-7,10,12-13,18,21H,4-5,8H2,1-3H3. The summed E-state index contributed by atoms with van der Waals surface area (Å²) < 4.78 is 43.9. The van der Waals surface area contributed by atoms with Gasteiger partial charge in [-0.1, -0.05) is 19.4 Å². The second-order valence-electron chi connectivity index (χ2n) is 5.62. The summed E-state index contributed by atoms with van der Waals surface area (Å²) in [5.41, 5.74) is 3.21. The lowest BCUT2D eigenvalue weighted by Crippen LogP contribution is -2.43. The molecule has 1 fully saturated rings. The number of allylic oxidation sites excluding steroid dienone is 2. The Labute approximate surface area is 128 Å². The maximum Gasteiger partial charge on any atom is 0.405 e. The van der Waals surface area contributed by atoms with E-state index in [1.807, 2.05) is 6.92 Å². The van der Waals surface area contributed by atoms with Gasteiger partial charge in [0.25, 0.3) is 0 Å². The van der Waals surface area contributed by atoms with Gasteiger partial charge < -0.3 is 14.7 Å². The molecule has 0 aliphatic carbocycles. The summed E-state index contributed by atoms with van der Waals surface area (Å²) in [5, 5.41) is 11.5. The van der Waals surface area contributed by atoms with E-state index < -0.39 is 24.7 Å². The summed E-state index contributed by atoms with van der Waals surface area (Å²) in [5.74, 6) is 0.355. The molecule has 0 amide bonds. The number of alkyl halides is 3. The zero-order valence-corrected chi connectivity index (χ0v) is 12.9. The molecular formula is C14H22F3N3O2. The second-order valence-corrected chi connectivity index (χ2v) is 5.62. The second kappa shape index (κ2) is 6.47. The Morgan fingerprint density at radius 1 is 1.36 bits per heavy atom. The first-order chi connectivity index (χ1) is 10.2. The van der Waals surface area contributed by atoms with E-state index in [1.54, 1.807) is 19.2 Å². The number of rotatable bonds is 4. The molecule has 2 N–H and O–H groups in total. The number of halogens is 3. The van der Waals surface area contributed by atoms with Crippen LogP contribution in [-0.2, 0) is 4.74 Å². The molecule has 0 aromatic rings. The molecule has 2 aliphatic heterocycles. The van der Waals surface area contributed by atoms with Crippen LogP contribution < -0.4 is 5.43 Å². The highest BCUT2D eigenvalue weighted by Gasteiger charge is 2.47. The van der Waals surface area contributed by atoms with Crippen molar-refractivity contribution in [2.24, 2.45) is 0 Å². The molecule has 2 aliphatic rings. The van der Waals surface area contributed by atoms with E-state index in [9.17, 15) is 18.3 Å². The van der Waals surface area contributed by atoms with Crippen molar-refractivity contribution in [1.82, 2.24) is 15.3 Å². The molecule has 0 spiro atoms. The van der Waals surface area contributed by atoms with Crippen LogP contribution in [0.25, 0.3) is 0 Å². The smallest absolute Gasteiger partial charge is 0.405 e. The lowest BCUT2D eigenvalue weighted by molar-refractivity contribution is -0.156. The van der Waals surface area contributed by atoms with Gasteiger partial charge in [-0.25, -0.2) is 10.4 Å². The van der Waals surface area contributed by atoms with Gasteiger partial charge in [0.15, 0.2) is 18.3 Å². The van der Waals surface area contributed by atoms with Gasteiger partial charge in [0, 0.05) is 20.5 Å². The predicted octanol–water partition coefficient (Wildman–Crippen LogP) is 1.93. The summed E-state index contributed by atoms with van der Waals surface area (Å²) in [6.45, 7) is 2.01. The average Bonchev–Trinajstić information content (AvgIpc) is 2.80. The van der Waals surface area contributed by atoms with Crippen molar-refractivity contribution in [2.45, 2.75) is 50.9 Å². The SMILES string of the molecule is CCCC1=CC=C(OC2CC(C(F)(F)F)NN2C)N(C)C1O. The maximum atomic E-state index is 12.7. The zero-order valence-electron chi connectivity index (χ0n) is 12.9. The van der Waals surface area contributed by atoms with Crippen LogP contribution in [0.2, 0.25) is 0 Å². The van der Waals surface area contributed by atoms with Crippen LogP contribution in [0.1, 0.15) is 26.2 Å². The molecule has 8 heteroatoms. The number of likely N-dealkylation sites (N-methyl/N-ethyl adjacent to an activating group) is 1. The first-order valence-electron chi connectivity index (χ1n) is 7.28. The minimum Gasteiger partial charge on any atom is -0.459 e. The van der Waals surface area contributed by atoms with Gasteiger partial charge in [-0.2, -0.15) is 13.2 Å². The topological polar surface area (TPSA) is 48.0 Å². The number of hydrazine groups is 1. The van der Waals surface area contributed by atoms with Crippen molar-refractivity contribution in [3.8, 4) is 0 Å². The molecule has 3 unspecified atom stereocenters. The molecule has 126 valence electrons. The fourth-order valence-corrected chi connectivity index (χ4v) is 2.59. The fraction of sp³-hybridized carbons (Fsp3) is 0.714. The number of hydrogen-bond donors (Lipinski definition) is 2. The molecule has 2 heterocycles. The van der Waals surface area contributed by atoms with Gasteiger partial charge in [0.05, 0.1) is 0 Å². The lowest BCUT2D eigenvalue weighted by atomic mass is 10.1. The Morgan fingerprint density at radius 3 is 2.59 bits per heavy atom. The minimum atomic E-state index is -4.31. The quantitative estimate of drug-likeness (QED) is 0.829. The summed E-state index contributed by atoms with van der Waals surface area (Å²) >= 11 is 0. The summed E-state index contributed by atoms with van der Waals surface area (Å²) in [7, 11) is 3.16. The van der Waals surface area contributed by atoms with Gasteiger partial charge in [-0.3, -0.25) is 0 Å². The molecule has 0 saturated carbocycles. The highest BCUT2D eigenvalue weighted by molar-refractivity contribution is 5.23. The van der Waals surface area contributed by atoms with Gasteiger partial charge in [-0.05, 0) is 18.1 Å². The summed E-state index contributed by atoms with van der Waals surface area (Å²) in [6, 6.07) is -1.62. The molecule has 3 atom stereocenters. The van der Waals surface area contributed by atoms with Crippen LogP contribution in [0.3, 0.4) is 0 Å². The van der Waals surface area contributed by atoms with Crippen LogP contribution >= 0.6 is 0 Å². The molecule has 2 rings (SSSR count). The Hall–Kier alpha value is -1.25. The highest BCUT2D eigenvalue weighted by Crippen LogP contribution is 2.31. The average molecular weight is 321 g/mol. The largest absolute Gasteiger partial charge is 0.459 e. The predicted molar refractivity (Wildman–Crippen MR) is 75.1 cm³/mol. The van der Waals surface area contributed by atoms with E-state index in [0.29, 0.717) is 5.88 Å². The van der Waals surface area contributed by atoms with Crippen molar-refractivity contribution in [2.75, 3.05) is 14.1 Å². The van der Waals surface area contributed by atoms with Gasteiger partial charge in [-0.15, -0.1) is 0 Å². The Bertz CT molecular complexity index is 465. The van der Waals surface area contributed by atoms with E-state index in [1.165, 1.54) is 17.0 Å². The number of nitrogens with zero attached hydrogens (tertiary/aromatic N) is 2. The number of aliphatic hydroxyl groups is 1. The van der Waals surface area contributed by atoms with E-state index in [4.69, 9.17) is 4.74 Å². The van der Waals surface area contributed by atoms with Crippen molar-refractivity contribution in [3.05, 3.63) is 23.6 Å². The Morgan fingerprint density at radius 2 is 2.05 bits per heavy atom. The first-order valence-corrected chi connectivity index (χ1v) is 7.28. The van der Waals surface area contributed by atoms with E-state index >= 15 is 0 Å². The van der Waals surface area contributed by atoms with Crippen LogP contribution in [0.4, 0.5) is 13.2 Å². The van der Waals surface area contributed by atoms with Crippen molar-refractivity contribution in [1.29, 1.82) is 0 Å². The monoisotopic (exact) mass is 321 g/mol. The maximum absolute atomic E-state index is 12.7. The van der Waals surface area contributed by atoms with E-state index in [2.05, 4.69) is 5.43 Å². The molecule has 22 heavy (non-hydrogen) atoms. The van der Waals surface area contributed by atoms with Crippen molar-refractivity contribution >= 4 is 0 Å². The van der Waals surface area contributed by atoms with Crippen LogP contribution in [-0.4, -0.2) is 53.8 Å². The van der Waals surface area contributed by atoms with E-state index in [0.717, 1.165) is 18.4 Å². The lowest BCUT2D eigenvalue weighted by Gasteiger charge is -2.34. The number of hydrogen-bond acceptors (Lipinski definition) is 5. The first kappa shape index (κ1) is 17.1. The van der Waals surface area contributed by atoms with Gasteiger partial charge in [0.1, 0.15) is 6.04 Å². The highest BCUT2D eigenvalue weighted by atomic mass is 19.4.